The Morgan fingerprint density at radius 2 is 1.79 bits per heavy atom. The highest BCUT2D eigenvalue weighted by molar-refractivity contribution is 7.89. The van der Waals surface area contributed by atoms with E-state index in [2.05, 4.69) is 15.0 Å². The molecule has 2 rings (SSSR count). The number of rotatable bonds is 10. The number of methoxy groups -OCH3 is 3. The van der Waals surface area contributed by atoms with Crippen molar-refractivity contribution in [2.24, 2.45) is 0 Å². The average Bonchev–Trinajstić information content (AvgIpc) is 2.71. The van der Waals surface area contributed by atoms with Gasteiger partial charge in [-0.05, 0) is 29.8 Å². The van der Waals surface area contributed by atoms with E-state index in [1.165, 1.54) is 45.9 Å². The first-order valence-corrected chi connectivity index (χ1v) is 9.85. The van der Waals surface area contributed by atoms with Crippen molar-refractivity contribution < 1.29 is 27.4 Å². The minimum Gasteiger partial charge on any atom is -0.493 e. The van der Waals surface area contributed by atoms with E-state index < -0.39 is 10.0 Å². The summed E-state index contributed by atoms with van der Waals surface area (Å²) in [6, 6.07) is 6.41. The van der Waals surface area contributed by atoms with Crippen LogP contribution in [0.5, 0.6) is 17.2 Å². The molecule has 152 valence electrons. The molecule has 0 saturated heterocycles. The molecule has 0 radical (unpaired) electrons. The van der Waals surface area contributed by atoms with Crippen molar-refractivity contribution in [3.8, 4) is 17.2 Å². The van der Waals surface area contributed by atoms with Crippen LogP contribution in [-0.2, 0) is 21.4 Å². The molecule has 1 amide bonds. The Morgan fingerprint density at radius 3 is 2.32 bits per heavy atom. The summed E-state index contributed by atoms with van der Waals surface area (Å²) < 4.78 is 42.3. The summed E-state index contributed by atoms with van der Waals surface area (Å²) in [5.41, 5.74) is 0.749. The third kappa shape index (κ3) is 5.57. The van der Waals surface area contributed by atoms with Crippen LogP contribution in [-0.4, -0.2) is 47.2 Å². The highest BCUT2D eigenvalue weighted by atomic mass is 32.2. The number of hydrogen-bond donors (Lipinski definition) is 2. The third-order valence-corrected chi connectivity index (χ3v) is 5.25. The molecule has 1 aromatic carbocycles. The summed E-state index contributed by atoms with van der Waals surface area (Å²) >= 11 is 0. The SMILES string of the molecule is COc1cc(CNC(=O)CCNS(=O)(=O)c2cccnc2)cc(OC)c1OC. The maximum atomic E-state index is 12.1. The van der Waals surface area contributed by atoms with Gasteiger partial charge < -0.3 is 19.5 Å². The molecule has 1 heterocycles. The zero-order valence-electron chi connectivity index (χ0n) is 15.9. The number of hydrogen-bond acceptors (Lipinski definition) is 7. The average molecular weight is 409 g/mol. The van der Waals surface area contributed by atoms with Gasteiger partial charge in [-0.2, -0.15) is 0 Å². The summed E-state index contributed by atoms with van der Waals surface area (Å²) in [6.07, 6.45) is 2.71. The van der Waals surface area contributed by atoms with E-state index in [1.54, 1.807) is 12.1 Å². The van der Waals surface area contributed by atoms with Gasteiger partial charge in [-0.15, -0.1) is 0 Å². The largest absolute Gasteiger partial charge is 0.493 e. The Morgan fingerprint density at radius 1 is 1.11 bits per heavy atom. The van der Waals surface area contributed by atoms with Crippen molar-refractivity contribution in [1.29, 1.82) is 0 Å². The van der Waals surface area contributed by atoms with Gasteiger partial charge in [0.2, 0.25) is 21.7 Å². The molecule has 0 bridgehead atoms. The van der Waals surface area contributed by atoms with E-state index in [0.717, 1.165) is 5.56 Å². The van der Waals surface area contributed by atoms with Crippen LogP contribution in [0.25, 0.3) is 0 Å². The molecule has 0 atom stereocenters. The van der Waals surface area contributed by atoms with Gasteiger partial charge in [-0.25, -0.2) is 13.1 Å². The maximum absolute atomic E-state index is 12.1. The number of benzene rings is 1. The van der Waals surface area contributed by atoms with Gasteiger partial charge in [0.1, 0.15) is 4.90 Å². The van der Waals surface area contributed by atoms with Crippen LogP contribution in [0.1, 0.15) is 12.0 Å². The van der Waals surface area contributed by atoms with Gasteiger partial charge in [0.25, 0.3) is 0 Å². The first-order valence-electron chi connectivity index (χ1n) is 8.36. The molecule has 0 aliphatic rings. The minimum absolute atomic E-state index is 0.0100. The van der Waals surface area contributed by atoms with Crippen molar-refractivity contribution in [1.82, 2.24) is 15.0 Å². The summed E-state index contributed by atoms with van der Waals surface area (Å²) in [7, 11) is 0.836. The number of carbonyl (C=O) groups is 1. The first-order chi connectivity index (χ1) is 13.4. The maximum Gasteiger partial charge on any atom is 0.242 e. The van der Waals surface area contributed by atoms with Crippen molar-refractivity contribution >= 4 is 15.9 Å². The molecule has 0 fully saturated rings. The number of sulfonamides is 1. The highest BCUT2D eigenvalue weighted by Gasteiger charge is 2.15. The zero-order valence-corrected chi connectivity index (χ0v) is 16.7. The number of carbonyl (C=O) groups excluding carboxylic acids is 1. The highest BCUT2D eigenvalue weighted by Crippen LogP contribution is 2.38. The molecule has 2 N–H and O–H groups in total. The molecule has 0 aliphatic carbocycles. The molecule has 0 unspecified atom stereocenters. The van der Waals surface area contributed by atoms with Gasteiger partial charge in [0.05, 0.1) is 21.3 Å². The fraction of sp³-hybridized carbons (Fsp3) is 0.333. The summed E-state index contributed by atoms with van der Waals surface area (Å²) in [6.45, 7) is 0.198. The molecule has 2 aromatic rings. The number of amides is 1. The van der Waals surface area contributed by atoms with Crippen LogP contribution in [0.2, 0.25) is 0 Å². The molecule has 0 saturated carbocycles. The van der Waals surface area contributed by atoms with E-state index in [9.17, 15) is 13.2 Å². The van der Waals surface area contributed by atoms with E-state index in [0.29, 0.717) is 17.2 Å². The van der Waals surface area contributed by atoms with Crippen LogP contribution >= 0.6 is 0 Å². The van der Waals surface area contributed by atoms with E-state index in [-0.39, 0.29) is 30.3 Å². The van der Waals surface area contributed by atoms with Gasteiger partial charge in [-0.3, -0.25) is 9.78 Å². The van der Waals surface area contributed by atoms with Crippen LogP contribution in [0.15, 0.2) is 41.6 Å². The Labute approximate surface area is 164 Å². The lowest BCUT2D eigenvalue weighted by molar-refractivity contribution is -0.121. The number of nitrogens with zero attached hydrogens (tertiary/aromatic N) is 1. The Hall–Kier alpha value is -2.85. The van der Waals surface area contributed by atoms with Crippen molar-refractivity contribution in [2.45, 2.75) is 17.9 Å². The summed E-state index contributed by atoms with van der Waals surface area (Å²) in [5, 5.41) is 2.73. The Kier molecular flexibility index (Phi) is 7.59. The monoisotopic (exact) mass is 409 g/mol. The third-order valence-electron chi connectivity index (χ3n) is 3.80. The van der Waals surface area contributed by atoms with Crippen LogP contribution in [0.3, 0.4) is 0 Å². The molecule has 0 spiro atoms. The predicted octanol–water partition coefficient (Wildman–Crippen LogP) is 1.09. The Balaban J connectivity index is 1.89. The number of aromatic nitrogens is 1. The molecule has 0 aliphatic heterocycles. The van der Waals surface area contributed by atoms with Crippen molar-refractivity contribution in [3.63, 3.8) is 0 Å². The standard InChI is InChI=1S/C18H23N3O6S/c1-25-15-9-13(10-16(26-2)18(15)27-3)11-20-17(22)6-8-21-28(23,24)14-5-4-7-19-12-14/h4-5,7,9-10,12,21H,6,8,11H2,1-3H3,(H,20,22). The predicted molar refractivity (Wildman–Crippen MR) is 102 cm³/mol. The first kappa shape index (κ1) is 21.5. The van der Waals surface area contributed by atoms with Crippen LogP contribution < -0.4 is 24.2 Å². The van der Waals surface area contributed by atoms with Gasteiger partial charge in [0, 0.05) is 31.9 Å². The van der Waals surface area contributed by atoms with Gasteiger partial charge in [-0.1, -0.05) is 0 Å². The minimum atomic E-state index is -3.69. The second-order valence-electron chi connectivity index (χ2n) is 5.65. The lowest BCUT2D eigenvalue weighted by Crippen LogP contribution is -2.30. The second-order valence-corrected chi connectivity index (χ2v) is 7.41. The summed E-state index contributed by atoms with van der Waals surface area (Å²) in [5.74, 6) is 1.12. The normalized spacial score (nSPS) is 11.0. The fourth-order valence-electron chi connectivity index (χ4n) is 2.41. The molecule has 9 nitrogen and oxygen atoms in total. The van der Waals surface area contributed by atoms with Crippen LogP contribution in [0.4, 0.5) is 0 Å². The molecular formula is C18H23N3O6S. The van der Waals surface area contributed by atoms with E-state index >= 15 is 0 Å². The second kappa shape index (κ2) is 9.90. The molecule has 10 heteroatoms. The quantitative estimate of drug-likeness (QED) is 0.603. The number of ether oxygens (including phenoxy) is 3. The van der Waals surface area contributed by atoms with Gasteiger partial charge in [0.15, 0.2) is 11.5 Å². The Bertz CT molecular complexity index is 878. The topological polar surface area (TPSA) is 116 Å². The number of pyridine rings is 1. The van der Waals surface area contributed by atoms with Gasteiger partial charge >= 0.3 is 0 Å². The van der Waals surface area contributed by atoms with E-state index in [4.69, 9.17) is 14.2 Å². The van der Waals surface area contributed by atoms with E-state index in [1.807, 2.05) is 0 Å². The zero-order chi connectivity index (χ0) is 20.6. The van der Waals surface area contributed by atoms with Crippen molar-refractivity contribution in [3.05, 3.63) is 42.2 Å². The lowest BCUT2D eigenvalue weighted by Gasteiger charge is -2.14. The smallest absolute Gasteiger partial charge is 0.242 e. The number of nitrogens with one attached hydrogen (secondary N) is 2. The fourth-order valence-corrected chi connectivity index (χ4v) is 3.41. The lowest BCUT2D eigenvalue weighted by atomic mass is 10.1. The molecular weight excluding hydrogens is 386 g/mol. The van der Waals surface area contributed by atoms with Crippen LogP contribution in [0, 0.1) is 0 Å². The van der Waals surface area contributed by atoms with Crippen molar-refractivity contribution in [2.75, 3.05) is 27.9 Å². The summed E-state index contributed by atoms with van der Waals surface area (Å²) in [4.78, 5) is 15.8. The molecule has 28 heavy (non-hydrogen) atoms. The molecule has 1 aromatic heterocycles.